The van der Waals surface area contributed by atoms with Crippen molar-refractivity contribution in [2.24, 2.45) is 0 Å². The van der Waals surface area contributed by atoms with E-state index in [4.69, 9.17) is 9.15 Å². The molecule has 0 aliphatic carbocycles. The zero-order valence-corrected chi connectivity index (χ0v) is 15.3. The average molecular weight is 336 g/mol. The molecular formula is C22H24O3. The summed E-state index contributed by atoms with van der Waals surface area (Å²) in [6, 6.07) is 15.6. The van der Waals surface area contributed by atoms with Crippen LogP contribution in [0.1, 0.15) is 39.9 Å². The fourth-order valence-electron chi connectivity index (χ4n) is 2.91. The molecule has 0 spiro atoms. The Labute approximate surface area is 148 Å². The van der Waals surface area contributed by atoms with Crippen LogP contribution in [0.15, 0.2) is 57.7 Å². The Morgan fingerprint density at radius 2 is 1.72 bits per heavy atom. The molecule has 3 heteroatoms. The molecule has 3 rings (SSSR count). The minimum atomic E-state index is -0.320. The monoisotopic (exact) mass is 336 g/mol. The molecule has 3 aromatic rings. The van der Waals surface area contributed by atoms with Crippen LogP contribution in [0.2, 0.25) is 0 Å². The van der Waals surface area contributed by atoms with Crippen LogP contribution in [0.3, 0.4) is 0 Å². The zero-order chi connectivity index (χ0) is 18.0. The van der Waals surface area contributed by atoms with Gasteiger partial charge in [0.1, 0.15) is 5.58 Å². The van der Waals surface area contributed by atoms with E-state index in [1.807, 2.05) is 76.2 Å². The minimum absolute atomic E-state index is 0.0981. The normalized spacial score (nSPS) is 11.7. The molecule has 0 fully saturated rings. The molecule has 1 aromatic heterocycles. The fraction of sp³-hybridized carbons (Fsp3) is 0.318. The van der Waals surface area contributed by atoms with E-state index < -0.39 is 0 Å². The van der Waals surface area contributed by atoms with Crippen LogP contribution in [-0.2, 0) is 5.41 Å². The van der Waals surface area contributed by atoms with Crippen molar-refractivity contribution in [3.8, 4) is 16.9 Å². The van der Waals surface area contributed by atoms with E-state index in [0.717, 1.165) is 17.5 Å². The number of ether oxygens (including phenoxy) is 1. The highest BCUT2D eigenvalue weighted by molar-refractivity contribution is 5.94. The molecule has 130 valence electrons. The maximum Gasteiger partial charge on any atom is 0.235 e. The number of hydrogen-bond acceptors (Lipinski definition) is 3. The first-order valence-electron chi connectivity index (χ1n) is 8.72. The van der Waals surface area contributed by atoms with Crippen LogP contribution in [0.4, 0.5) is 0 Å². The number of rotatable bonds is 4. The van der Waals surface area contributed by atoms with Gasteiger partial charge < -0.3 is 9.15 Å². The van der Waals surface area contributed by atoms with Gasteiger partial charge in [0.25, 0.3) is 0 Å². The molecule has 2 aromatic carbocycles. The highest BCUT2D eigenvalue weighted by Gasteiger charge is 2.27. The fourth-order valence-corrected chi connectivity index (χ4v) is 2.91. The molecule has 1 heterocycles. The van der Waals surface area contributed by atoms with Gasteiger partial charge in [0, 0.05) is 5.41 Å². The van der Waals surface area contributed by atoms with Gasteiger partial charge in [-0.2, -0.15) is 0 Å². The molecule has 0 aliphatic heterocycles. The van der Waals surface area contributed by atoms with Gasteiger partial charge in [-0.15, -0.1) is 0 Å². The summed E-state index contributed by atoms with van der Waals surface area (Å²) in [5, 5.41) is 0.577. The molecule has 0 radical (unpaired) electrons. The van der Waals surface area contributed by atoms with E-state index in [0.29, 0.717) is 29.1 Å². The van der Waals surface area contributed by atoms with Crippen LogP contribution < -0.4 is 10.2 Å². The molecule has 25 heavy (non-hydrogen) atoms. The van der Waals surface area contributed by atoms with Gasteiger partial charge in [0.15, 0.2) is 5.76 Å². The molecule has 0 saturated heterocycles. The van der Waals surface area contributed by atoms with E-state index in [1.165, 1.54) is 0 Å². The molecule has 0 unspecified atom stereocenters. The van der Waals surface area contributed by atoms with Gasteiger partial charge in [0.05, 0.1) is 12.0 Å². The second-order valence-electron chi connectivity index (χ2n) is 7.23. The first-order valence-corrected chi connectivity index (χ1v) is 8.72. The summed E-state index contributed by atoms with van der Waals surface area (Å²) in [6.45, 7) is 8.59. The highest BCUT2D eigenvalue weighted by Crippen LogP contribution is 2.35. The van der Waals surface area contributed by atoms with Crippen molar-refractivity contribution >= 4 is 11.0 Å². The molecule has 0 amide bonds. The van der Waals surface area contributed by atoms with Gasteiger partial charge in [-0.05, 0) is 23.6 Å². The summed E-state index contributed by atoms with van der Waals surface area (Å²) in [4.78, 5) is 13.3. The Bertz CT molecular complexity index is 931. The maximum atomic E-state index is 13.3. The predicted molar refractivity (Wildman–Crippen MR) is 102 cm³/mol. The van der Waals surface area contributed by atoms with Crippen LogP contribution >= 0.6 is 0 Å². The lowest BCUT2D eigenvalue weighted by atomic mass is 9.91. The first kappa shape index (κ1) is 17.3. The highest BCUT2D eigenvalue weighted by atomic mass is 16.5. The second kappa shape index (κ2) is 6.75. The maximum absolute atomic E-state index is 13.3. The second-order valence-corrected chi connectivity index (χ2v) is 7.23. The molecule has 0 atom stereocenters. The van der Waals surface area contributed by atoms with Crippen LogP contribution in [0.25, 0.3) is 22.1 Å². The van der Waals surface area contributed by atoms with Crippen molar-refractivity contribution in [1.29, 1.82) is 0 Å². The van der Waals surface area contributed by atoms with Crippen molar-refractivity contribution in [3.63, 3.8) is 0 Å². The van der Waals surface area contributed by atoms with Crippen LogP contribution in [0.5, 0.6) is 5.75 Å². The van der Waals surface area contributed by atoms with Crippen molar-refractivity contribution in [2.45, 2.75) is 39.5 Å². The Balaban J connectivity index is 2.35. The third-order valence-corrected chi connectivity index (χ3v) is 4.09. The van der Waals surface area contributed by atoms with Gasteiger partial charge >= 0.3 is 0 Å². The number of hydrogen-bond donors (Lipinski definition) is 0. The molecule has 0 aliphatic rings. The summed E-state index contributed by atoms with van der Waals surface area (Å²) in [6.07, 6.45) is 0.835. The van der Waals surface area contributed by atoms with E-state index in [9.17, 15) is 4.79 Å². The standard InChI is InChI=1S/C22H24O3/c1-5-14-24-20-19(23)18-16(15-10-7-6-8-11-15)12-9-13-17(18)25-21(20)22(2,3)4/h6-13H,5,14H2,1-4H3. The molecule has 3 nitrogen and oxygen atoms in total. The Hall–Kier alpha value is -2.55. The third kappa shape index (κ3) is 3.32. The van der Waals surface area contributed by atoms with Crippen LogP contribution in [0, 0.1) is 0 Å². The summed E-state index contributed by atoms with van der Waals surface area (Å²) in [5.74, 6) is 0.939. The Morgan fingerprint density at radius 1 is 1.00 bits per heavy atom. The van der Waals surface area contributed by atoms with Crippen molar-refractivity contribution in [2.75, 3.05) is 6.61 Å². The van der Waals surface area contributed by atoms with Crippen LogP contribution in [-0.4, -0.2) is 6.61 Å². The van der Waals surface area contributed by atoms with Gasteiger partial charge in [-0.1, -0.05) is 70.2 Å². The van der Waals surface area contributed by atoms with Gasteiger partial charge in [-0.25, -0.2) is 0 Å². The summed E-state index contributed by atoms with van der Waals surface area (Å²) < 4.78 is 12.0. The lowest BCUT2D eigenvalue weighted by Gasteiger charge is -2.21. The lowest BCUT2D eigenvalue weighted by Crippen LogP contribution is -2.20. The average Bonchev–Trinajstić information content (AvgIpc) is 2.60. The van der Waals surface area contributed by atoms with E-state index in [1.54, 1.807) is 0 Å². The Morgan fingerprint density at radius 3 is 2.36 bits per heavy atom. The Kier molecular flexibility index (Phi) is 4.67. The largest absolute Gasteiger partial charge is 0.486 e. The van der Waals surface area contributed by atoms with Crippen molar-refractivity contribution in [3.05, 3.63) is 64.5 Å². The molecule has 0 bridgehead atoms. The minimum Gasteiger partial charge on any atom is -0.486 e. The van der Waals surface area contributed by atoms with Gasteiger partial charge in [0.2, 0.25) is 11.2 Å². The molecule has 0 saturated carbocycles. The quantitative estimate of drug-likeness (QED) is 0.627. The third-order valence-electron chi connectivity index (χ3n) is 4.09. The lowest BCUT2D eigenvalue weighted by molar-refractivity contribution is 0.283. The smallest absolute Gasteiger partial charge is 0.235 e. The summed E-state index contributed by atoms with van der Waals surface area (Å²) >= 11 is 0. The number of benzene rings is 2. The number of fused-ring (bicyclic) bond motifs is 1. The zero-order valence-electron chi connectivity index (χ0n) is 15.3. The van der Waals surface area contributed by atoms with E-state index in [2.05, 4.69) is 0 Å². The summed E-state index contributed by atoms with van der Waals surface area (Å²) in [7, 11) is 0. The molecule has 0 N–H and O–H groups in total. The SMILES string of the molecule is CCCOc1c(C(C)(C)C)oc2cccc(-c3ccccc3)c2c1=O. The van der Waals surface area contributed by atoms with E-state index >= 15 is 0 Å². The van der Waals surface area contributed by atoms with E-state index in [-0.39, 0.29) is 10.8 Å². The summed E-state index contributed by atoms with van der Waals surface area (Å²) in [5.41, 5.74) is 2.04. The van der Waals surface area contributed by atoms with Crippen molar-refractivity contribution in [1.82, 2.24) is 0 Å². The predicted octanol–water partition coefficient (Wildman–Crippen LogP) is 5.55. The first-order chi connectivity index (χ1) is 11.9. The molecular weight excluding hydrogens is 312 g/mol. The topological polar surface area (TPSA) is 39.4 Å². The van der Waals surface area contributed by atoms with Gasteiger partial charge in [-0.3, -0.25) is 4.79 Å². The van der Waals surface area contributed by atoms with Crippen molar-refractivity contribution < 1.29 is 9.15 Å².